The Morgan fingerprint density at radius 1 is 0.565 bits per heavy atom. The maximum atomic E-state index is 12.4. The molecule has 0 aliphatic rings. The van der Waals surface area contributed by atoms with Crippen LogP contribution in [0.2, 0.25) is 0 Å². The average molecular weight is 1100 g/mol. The molecule has 69 heavy (non-hydrogen) atoms. The van der Waals surface area contributed by atoms with E-state index in [2.05, 4.69) is 6.07 Å². The molecule has 2 aromatic heterocycles. The first-order valence-corrected chi connectivity index (χ1v) is 22.9. The fourth-order valence-corrected chi connectivity index (χ4v) is 9.03. The number of fused-ring (bicyclic) bond motifs is 1. The standard InChI is InChI=1S/C64H64N3O.Pt/c1-39(2)47-36-56(42(7)8)62(68)57(37-47)63-66-61-55(21-16-22-59(61)67(63)52-29-25-45(26-30-52)60-53(40(3)4)19-15-20-54(60)41(5)6)49-33-48(43-17-13-12-14-18-43)34-50(35-49)58-38-46(31-32-65-58)44-23-27-51(28-24-44)64(9,10)11;/h12-34,36-42,68H,1-11H3;/q-1;/i9D3,10D3,11D3,39D,40D,41D,42D;. The molecule has 1 N–H and O–H groups in total. The fourth-order valence-electron chi connectivity index (χ4n) is 9.03. The van der Waals surface area contributed by atoms with E-state index in [0.717, 1.165) is 33.4 Å². The number of aromatic hydroxyl groups is 1. The first kappa shape index (κ1) is 34.9. The van der Waals surface area contributed by atoms with Crippen LogP contribution in [0.15, 0.2) is 158 Å². The Bertz CT molecular complexity index is 3750. The summed E-state index contributed by atoms with van der Waals surface area (Å²) in [5, 5.41) is 12.4. The van der Waals surface area contributed by atoms with Crippen LogP contribution in [0.3, 0.4) is 0 Å². The molecule has 352 valence electrons. The fraction of sp³-hybridized carbons (Fsp3) is 0.250. The van der Waals surface area contributed by atoms with Gasteiger partial charge in [0.15, 0.2) is 0 Å². The van der Waals surface area contributed by atoms with E-state index in [-0.39, 0.29) is 32.4 Å². The first-order chi connectivity index (χ1) is 37.5. The summed E-state index contributed by atoms with van der Waals surface area (Å²) in [4.78, 5) is 10.2. The van der Waals surface area contributed by atoms with Crippen LogP contribution in [0.5, 0.6) is 5.75 Å². The summed E-state index contributed by atoms with van der Waals surface area (Å²) in [5.41, 5.74) is 8.18. The average Bonchev–Trinajstić information content (AvgIpc) is 1.33. The molecule has 0 spiro atoms. The minimum Gasteiger partial charge on any atom is -0.507 e. The van der Waals surface area contributed by atoms with Gasteiger partial charge < -0.3 is 5.11 Å². The van der Waals surface area contributed by atoms with E-state index >= 15 is 0 Å². The van der Waals surface area contributed by atoms with Crippen LogP contribution >= 0.6 is 0 Å². The van der Waals surface area contributed by atoms with Gasteiger partial charge in [0, 0.05) is 56.5 Å². The van der Waals surface area contributed by atoms with E-state index in [4.69, 9.17) is 26.4 Å². The molecule has 0 fully saturated rings. The van der Waals surface area contributed by atoms with Crippen molar-refractivity contribution in [2.45, 2.75) is 105 Å². The summed E-state index contributed by atoms with van der Waals surface area (Å²) in [6.45, 7) is 4.05. The van der Waals surface area contributed by atoms with Crippen molar-refractivity contribution >= 4 is 11.0 Å². The van der Waals surface area contributed by atoms with Gasteiger partial charge in [-0.25, -0.2) is 4.98 Å². The van der Waals surface area contributed by atoms with E-state index in [1.165, 1.54) is 24.3 Å². The van der Waals surface area contributed by atoms with Crippen LogP contribution in [0, 0.1) is 6.07 Å². The van der Waals surface area contributed by atoms with Gasteiger partial charge >= 0.3 is 0 Å². The maximum Gasteiger partial charge on any atom is 0.148 e. The number of hydrogen-bond acceptors (Lipinski definition) is 3. The number of hydrogen-bond donors (Lipinski definition) is 1. The maximum absolute atomic E-state index is 12.4. The molecule has 5 heteroatoms. The van der Waals surface area contributed by atoms with Crippen molar-refractivity contribution in [2.75, 3.05) is 0 Å². The Hall–Kier alpha value is -6.35. The summed E-state index contributed by atoms with van der Waals surface area (Å²) < 4.78 is 113. The predicted molar refractivity (Wildman–Crippen MR) is 287 cm³/mol. The number of phenols is 1. The molecule has 2 heterocycles. The Morgan fingerprint density at radius 3 is 1.83 bits per heavy atom. The Morgan fingerprint density at radius 2 is 1.19 bits per heavy atom. The number of rotatable bonds is 11. The van der Waals surface area contributed by atoms with E-state index in [9.17, 15) is 6.48 Å². The largest absolute Gasteiger partial charge is 0.507 e. The first-order valence-electron chi connectivity index (χ1n) is 29.4. The van der Waals surface area contributed by atoms with Crippen molar-refractivity contribution in [1.82, 2.24) is 14.5 Å². The normalized spacial score (nSPS) is 15.8. The van der Waals surface area contributed by atoms with E-state index < -0.39 is 49.5 Å². The zero-order chi connectivity index (χ0) is 59.2. The van der Waals surface area contributed by atoms with Crippen molar-refractivity contribution in [3.8, 4) is 78.6 Å². The van der Waals surface area contributed by atoms with Crippen LogP contribution in [0.1, 0.15) is 145 Å². The topological polar surface area (TPSA) is 50.9 Å². The molecule has 0 bridgehead atoms. The van der Waals surface area contributed by atoms with Gasteiger partial charge in [0.05, 0.1) is 16.6 Å². The summed E-state index contributed by atoms with van der Waals surface area (Å²) in [6, 6.07) is 49.6. The molecule has 0 unspecified atom stereocenters. The molecule has 0 amide bonds. The molecule has 7 aromatic carbocycles. The number of imidazole rings is 1. The third-order valence-corrected chi connectivity index (χ3v) is 12.7. The van der Waals surface area contributed by atoms with Gasteiger partial charge in [0.25, 0.3) is 0 Å². The number of para-hydroxylation sites is 1. The third-order valence-electron chi connectivity index (χ3n) is 12.7. The molecule has 0 radical (unpaired) electrons. The number of aromatic nitrogens is 3. The Labute approximate surface area is 443 Å². The van der Waals surface area contributed by atoms with Gasteiger partial charge in [0.1, 0.15) is 11.6 Å². The second kappa shape index (κ2) is 19.9. The van der Waals surface area contributed by atoms with Gasteiger partial charge in [-0.15, -0.1) is 23.8 Å². The van der Waals surface area contributed by atoms with Crippen LogP contribution in [0.4, 0.5) is 0 Å². The summed E-state index contributed by atoms with van der Waals surface area (Å²) in [6.07, 6.45) is 1.62. The Balaban J connectivity index is 0.00000880. The molecule has 4 nitrogen and oxygen atoms in total. The molecule has 0 atom stereocenters. The second-order valence-corrected chi connectivity index (χ2v) is 18.5. The second-order valence-electron chi connectivity index (χ2n) is 18.5. The molecule has 9 aromatic rings. The molecule has 0 saturated heterocycles. The summed E-state index contributed by atoms with van der Waals surface area (Å²) in [7, 11) is 0. The summed E-state index contributed by atoms with van der Waals surface area (Å²) >= 11 is 0. The number of nitrogens with zero attached hydrogens (tertiary/aromatic N) is 3. The van der Waals surface area contributed by atoms with E-state index in [0.29, 0.717) is 72.7 Å². The minimum atomic E-state index is -3.41. The van der Waals surface area contributed by atoms with Crippen molar-refractivity contribution < 1.29 is 44.0 Å². The summed E-state index contributed by atoms with van der Waals surface area (Å²) in [5.74, 6) is -4.15. The van der Waals surface area contributed by atoms with Crippen molar-refractivity contribution in [3.63, 3.8) is 0 Å². The zero-order valence-corrected chi connectivity index (χ0v) is 42.4. The van der Waals surface area contributed by atoms with Crippen molar-refractivity contribution in [1.29, 1.82) is 0 Å². The molecule has 0 aliphatic carbocycles. The third kappa shape index (κ3) is 9.79. The Kier molecular flexibility index (Phi) is 10.1. The van der Waals surface area contributed by atoms with Crippen LogP contribution < -0.4 is 0 Å². The minimum absolute atomic E-state index is 0. The molecule has 9 rings (SSSR count). The predicted octanol–water partition coefficient (Wildman–Crippen LogP) is 17.7. The van der Waals surface area contributed by atoms with Gasteiger partial charge in [-0.05, 0) is 115 Å². The van der Waals surface area contributed by atoms with Gasteiger partial charge in [0.2, 0.25) is 0 Å². The SMILES string of the molecule is [2H]C(C)(C)c1cc(-c2nc3c(-c4[c-]c(-c5cc(-c6ccc(C(C([2H])([2H])[2H])(C([2H])([2H])[2H])C([2H])([2H])[2H])cc6)ccn5)cc(-c5ccccc5)c4)cccc3n2-c2ccc(-c3c(C([2H])(C)C)cccc3C([2H])(C)C)cc2)c(O)c(C([2H])(C)C)c1.[Pt]. The van der Waals surface area contributed by atoms with Crippen LogP contribution in [-0.4, -0.2) is 19.6 Å². The van der Waals surface area contributed by atoms with Crippen molar-refractivity contribution in [3.05, 3.63) is 192 Å². The quantitative estimate of drug-likeness (QED) is 0.131. The monoisotopic (exact) mass is 1100 g/mol. The molecule has 0 aliphatic heterocycles. The zero-order valence-electron chi connectivity index (χ0n) is 53.1. The van der Waals surface area contributed by atoms with Crippen LogP contribution in [0.25, 0.3) is 83.9 Å². The number of pyridine rings is 1. The number of benzene rings is 7. The van der Waals surface area contributed by atoms with Gasteiger partial charge in [-0.1, -0.05) is 202 Å². The molecular weight excluding hydrogens is 1020 g/mol. The molecule has 0 saturated carbocycles. The van der Waals surface area contributed by atoms with Crippen LogP contribution in [-0.2, 0) is 26.5 Å². The van der Waals surface area contributed by atoms with Gasteiger partial charge in [-0.3, -0.25) is 9.55 Å². The molecular formula is C64H64N3OPt-. The smallest absolute Gasteiger partial charge is 0.148 e. The van der Waals surface area contributed by atoms with E-state index in [1.807, 2.05) is 141 Å². The van der Waals surface area contributed by atoms with Crippen molar-refractivity contribution in [2.24, 2.45) is 0 Å². The van der Waals surface area contributed by atoms with E-state index in [1.54, 1.807) is 52.1 Å². The number of phenolic OH excluding ortho intramolecular Hbond substituents is 1. The van der Waals surface area contributed by atoms with Gasteiger partial charge in [-0.2, -0.15) is 0 Å².